The first kappa shape index (κ1) is 14.0. The summed E-state index contributed by atoms with van der Waals surface area (Å²) in [5.41, 5.74) is 9.23. The average molecular weight is 267 g/mol. The predicted octanol–water partition coefficient (Wildman–Crippen LogP) is 2.86. The number of nitrogens with zero attached hydrogens (tertiary/aromatic N) is 2. The van der Waals surface area contributed by atoms with Gasteiger partial charge in [0.05, 0.1) is 0 Å². The van der Waals surface area contributed by atoms with Crippen LogP contribution in [0, 0.1) is 18.3 Å². The Kier molecular flexibility index (Phi) is 4.34. The summed E-state index contributed by atoms with van der Waals surface area (Å²) in [5.74, 6) is 0.748. The summed E-state index contributed by atoms with van der Waals surface area (Å²) in [6.07, 6.45) is 1.60. The van der Waals surface area contributed by atoms with Gasteiger partial charge in [-0.05, 0) is 26.0 Å². The Balaban J connectivity index is 2.21. The van der Waals surface area contributed by atoms with Gasteiger partial charge >= 0.3 is 0 Å². The number of aryl methyl sites for hydroxylation is 1. The SMILES string of the molecule is Cc1ccc(OCc2cccnc2C#N)c([C@H](C)N)c1. The zero-order valence-corrected chi connectivity index (χ0v) is 11.6. The molecule has 0 aliphatic rings. The third-order valence-corrected chi connectivity index (χ3v) is 3.04. The van der Waals surface area contributed by atoms with Crippen LogP contribution >= 0.6 is 0 Å². The molecule has 0 saturated carbocycles. The van der Waals surface area contributed by atoms with Crippen molar-refractivity contribution in [1.29, 1.82) is 5.26 Å². The van der Waals surface area contributed by atoms with E-state index in [-0.39, 0.29) is 6.04 Å². The van der Waals surface area contributed by atoms with Crippen molar-refractivity contribution >= 4 is 0 Å². The van der Waals surface area contributed by atoms with E-state index in [2.05, 4.69) is 11.1 Å². The first-order valence-corrected chi connectivity index (χ1v) is 6.44. The lowest BCUT2D eigenvalue weighted by Crippen LogP contribution is -2.09. The van der Waals surface area contributed by atoms with Crippen molar-refractivity contribution in [1.82, 2.24) is 4.98 Å². The zero-order chi connectivity index (χ0) is 14.5. The minimum Gasteiger partial charge on any atom is -0.488 e. The number of nitriles is 1. The molecule has 1 aromatic carbocycles. The van der Waals surface area contributed by atoms with E-state index in [0.29, 0.717) is 12.3 Å². The zero-order valence-electron chi connectivity index (χ0n) is 11.6. The number of pyridine rings is 1. The first-order chi connectivity index (χ1) is 9.61. The number of hydrogen-bond acceptors (Lipinski definition) is 4. The second-order valence-electron chi connectivity index (χ2n) is 4.74. The normalized spacial score (nSPS) is 11.7. The molecule has 102 valence electrons. The monoisotopic (exact) mass is 267 g/mol. The molecule has 0 amide bonds. The number of aromatic nitrogens is 1. The maximum Gasteiger partial charge on any atom is 0.147 e. The third kappa shape index (κ3) is 3.14. The van der Waals surface area contributed by atoms with Crippen LogP contribution in [0.25, 0.3) is 0 Å². The lowest BCUT2D eigenvalue weighted by molar-refractivity contribution is 0.300. The Bertz CT molecular complexity index is 644. The van der Waals surface area contributed by atoms with Crippen LogP contribution in [-0.2, 0) is 6.61 Å². The highest BCUT2D eigenvalue weighted by atomic mass is 16.5. The van der Waals surface area contributed by atoms with Crippen LogP contribution in [0.1, 0.15) is 35.3 Å². The van der Waals surface area contributed by atoms with Crippen molar-refractivity contribution in [2.45, 2.75) is 26.5 Å². The highest BCUT2D eigenvalue weighted by molar-refractivity contribution is 5.39. The molecule has 1 aromatic heterocycles. The summed E-state index contributed by atoms with van der Waals surface area (Å²) in [5, 5.41) is 9.01. The Morgan fingerprint density at radius 3 is 2.90 bits per heavy atom. The maximum absolute atomic E-state index is 9.01. The lowest BCUT2D eigenvalue weighted by atomic mass is 10.1. The van der Waals surface area contributed by atoms with Gasteiger partial charge in [-0.2, -0.15) is 5.26 Å². The van der Waals surface area contributed by atoms with Crippen molar-refractivity contribution in [3.05, 3.63) is 58.9 Å². The van der Waals surface area contributed by atoms with E-state index in [1.807, 2.05) is 38.1 Å². The standard InChI is InChI=1S/C16H17N3O/c1-11-5-6-16(14(8-11)12(2)18)20-10-13-4-3-7-19-15(13)9-17/h3-8,12H,10,18H2,1-2H3/t12-/m0/s1. The molecule has 1 atom stereocenters. The van der Waals surface area contributed by atoms with Gasteiger partial charge in [-0.3, -0.25) is 0 Å². The molecular weight excluding hydrogens is 250 g/mol. The Morgan fingerprint density at radius 2 is 2.20 bits per heavy atom. The summed E-state index contributed by atoms with van der Waals surface area (Å²) in [7, 11) is 0. The summed E-state index contributed by atoms with van der Waals surface area (Å²) < 4.78 is 5.81. The molecule has 0 radical (unpaired) electrons. The van der Waals surface area contributed by atoms with Crippen LogP contribution in [0.15, 0.2) is 36.5 Å². The first-order valence-electron chi connectivity index (χ1n) is 6.44. The minimum absolute atomic E-state index is 0.103. The fraction of sp³-hybridized carbons (Fsp3) is 0.250. The van der Waals surface area contributed by atoms with E-state index in [9.17, 15) is 0 Å². The van der Waals surface area contributed by atoms with Crippen LogP contribution < -0.4 is 10.5 Å². The highest BCUT2D eigenvalue weighted by Gasteiger charge is 2.10. The van der Waals surface area contributed by atoms with Crippen molar-refractivity contribution in [2.75, 3.05) is 0 Å². The number of benzene rings is 1. The number of hydrogen-bond donors (Lipinski definition) is 1. The molecule has 1 heterocycles. The Labute approximate surface area is 118 Å². The fourth-order valence-corrected chi connectivity index (χ4v) is 1.97. The molecule has 0 aliphatic heterocycles. The molecule has 0 saturated heterocycles. The van der Waals surface area contributed by atoms with Gasteiger partial charge in [0.2, 0.25) is 0 Å². The van der Waals surface area contributed by atoms with Gasteiger partial charge in [0, 0.05) is 23.4 Å². The topological polar surface area (TPSA) is 71.9 Å². The van der Waals surface area contributed by atoms with Crippen molar-refractivity contribution in [2.24, 2.45) is 5.73 Å². The smallest absolute Gasteiger partial charge is 0.147 e. The van der Waals surface area contributed by atoms with E-state index >= 15 is 0 Å². The van der Waals surface area contributed by atoms with Gasteiger partial charge in [-0.1, -0.05) is 23.8 Å². The molecule has 0 bridgehead atoms. The molecule has 4 nitrogen and oxygen atoms in total. The van der Waals surface area contributed by atoms with Gasteiger partial charge in [-0.25, -0.2) is 4.98 Å². The van der Waals surface area contributed by atoms with Crippen LogP contribution in [-0.4, -0.2) is 4.98 Å². The van der Waals surface area contributed by atoms with Gasteiger partial charge in [0.1, 0.15) is 24.1 Å². The number of nitrogens with two attached hydrogens (primary N) is 1. The lowest BCUT2D eigenvalue weighted by Gasteiger charge is -2.15. The molecule has 0 spiro atoms. The quantitative estimate of drug-likeness (QED) is 0.924. The molecule has 4 heteroatoms. The van der Waals surface area contributed by atoms with Gasteiger partial charge < -0.3 is 10.5 Å². The van der Waals surface area contributed by atoms with E-state index in [0.717, 1.165) is 22.4 Å². The second kappa shape index (κ2) is 6.18. The van der Waals surface area contributed by atoms with Gasteiger partial charge in [0.25, 0.3) is 0 Å². The van der Waals surface area contributed by atoms with Crippen molar-refractivity contribution < 1.29 is 4.74 Å². The predicted molar refractivity (Wildman–Crippen MR) is 77.1 cm³/mol. The number of ether oxygens (including phenoxy) is 1. The highest BCUT2D eigenvalue weighted by Crippen LogP contribution is 2.26. The third-order valence-electron chi connectivity index (χ3n) is 3.04. The summed E-state index contributed by atoms with van der Waals surface area (Å²) in [6.45, 7) is 4.25. The molecule has 2 rings (SSSR count). The Morgan fingerprint density at radius 1 is 1.40 bits per heavy atom. The summed E-state index contributed by atoms with van der Waals surface area (Å²) in [4.78, 5) is 4.02. The molecule has 2 aromatic rings. The molecule has 0 aliphatic carbocycles. The van der Waals surface area contributed by atoms with Crippen LogP contribution in [0.4, 0.5) is 0 Å². The van der Waals surface area contributed by atoms with E-state index in [1.54, 1.807) is 12.3 Å². The average Bonchev–Trinajstić information content (AvgIpc) is 2.46. The Hall–Kier alpha value is -2.38. The molecule has 2 N–H and O–H groups in total. The number of rotatable bonds is 4. The van der Waals surface area contributed by atoms with Crippen LogP contribution in [0.2, 0.25) is 0 Å². The molecule has 0 unspecified atom stereocenters. The van der Waals surface area contributed by atoms with Gasteiger partial charge in [-0.15, -0.1) is 0 Å². The fourth-order valence-electron chi connectivity index (χ4n) is 1.97. The van der Waals surface area contributed by atoms with E-state index in [4.69, 9.17) is 15.7 Å². The van der Waals surface area contributed by atoms with Gasteiger partial charge in [0.15, 0.2) is 0 Å². The van der Waals surface area contributed by atoms with E-state index < -0.39 is 0 Å². The second-order valence-corrected chi connectivity index (χ2v) is 4.74. The molecular formula is C16H17N3O. The van der Waals surface area contributed by atoms with Crippen molar-refractivity contribution in [3.63, 3.8) is 0 Å². The molecule has 20 heavy (non-hydrogen) atoms. The van der Waals surface area contributed by atoms with Crippen LogP contribution in [0.3, 0.4) is 0 Å². The largest absolute Gasteiger partial charge is 0.488 e. The molecule has 0 fully saturated rings. The maximum atomic E-state index is 9.01. The van der Waals surface area contributed by atoms with Crippen LogP contribution in [0.5, 0.6) is 5.75 Å². The summed E-state index contributed by atoms with van der Waals surface area (Å²) in [6, 6.07) is 11.5. The summed E-state index contributed by atoms with van der Waals surface area (Å²) >= 11 is 0. The minimum atomic E-state index is -0.103. The van der Waals surface area contributed by atoms with Crippen molar-refractivity contribution in [3.8, 4) is 11.8 Å². The van der Waals surface area contributed by atoms with E-state index in [1.165, 1.54) is 0 Å².